The van der Waals surface area contributed by atoms with Crippen molar-refractivity contribution in [1.82, 2.24) is 10.2 Å². The topological polar surface area (TPSA) is 38.9 Å². The van der Waals surface area contributed by atoms with Crippen molar-refractivity contribution in [3.05, 3.63) is 58.8 Å². The first kappa shape index (κ1) is 12.0. The molecule has 0 aliphatic heterocycles. The molecule has 0 aliphatic carbocycles. The molecule has 94 valence electrons. The quantitative estimate of drug-likeness (QED) is 0.707. The van der Waals surface area contributed by atoms with E-state index in [2.05, 4.69) is 26.1 Å². The van der Waals surface area contributed by atoms with Crippen molar-refractivity contribution in [2.45, 2.75) is 0 Å². The van der Waals surface area contributed by atoms with Gasteiger partial charge in [-0.2, -0.15) is 0 Å². The molecule has 0 saturated heterocycles. The minimum atomic E-state index is -0.364. The summed E-state index contributed by atoms with van der Waals surface area (Å²) in [7, 11) is 0. The molecule has 2 aromatic carbocycles. The Labute approximate surface area is 117 Å². The first-order valence-corrected chi connectivity index (χ1v) is 6.38. The van der Waals surface area contributed by atoms with Gasteiger partial charge in [-0.05, 0) is 40.2 Å². The second-order valence-electron chi connectivity index (χ2n) is 3.88. The van der Waals surface area contributed by atoms with Gasteiger partial charge in [0.15, 0.2) is 0 Å². The lowest BCUT2D eigenvalue weighted by Gasteiger charge is -1.99. The fourth-order valence-corrected chi connectivity index (χ4v) is 2.13. The summed E-state index contributed by atoms with van der Waals surface area (Å²) in [6, 6.07) is 14.1. The summed E-state index contributed by atoms with van der Waals surface area (Å²) in [5.41, 5.74) is 1.36. The van der Waals surface area contributed by atoms with E-state index in [9.17, 15) is 4.39 Å². The molecule has 0 N–H and O–H groups in total. The zero-order valence-corrected chi connectivity index (χ0v) is 11.3. The number of hydrogen-bond acceptors (Lipinski definition) is 3. The van der Waals surface area contributed by atoms with Gasteiger partial charge < -0.3 is 4.42 Å². The molecule has 1 heterocycles. The van der Waals surface area contributed by atoms with E-state index in [4.69, 9.17) is 4.42 Å². The van der Waals surface area contributed by atoms with E-state index in [1.807, 2.05) is 30.3 Å². The molecule has 3 aromatic rings. The normalized spacial score (nSPS) is 10.6. The Hall–Kier alpha value is -2.01. The van der Waals surface area contributed by atoms with Crippen molar-refractivity contribution in [3.63, 3.8) is 0 Å². The van der Waals surface area contributed by atoms with E-state index in [0.717, 1.165) is 5.56 Å². The molecule has 3 rings (SSSR count). The van der Waals surface area contributed by atoms with E-state index in [1.54, 1.807) is 12.1 Å². The summed E-state index contributed by atoms with van der Waals surface area (Å²) in [6.45, 7) is 0. The van der Waals surface area contributed by atoms with Crippen molar-refractivity contribution >= 4 is 15.9 Å². The van der Waals surface area contributed by atoms with E-state index in [-0.39, 0.29) is 11.7 Å². The van der Waals surface area contributed by atoms with Gasteiger partial charge >= 0.3 is 0 Å². The van der Waals surface area contributed by atoms with Gasteiger partial charge in [-0.1, -0.05) is 24.3 Å². The van der Waals surface area contributed by atoms with E-state index >= 15 is 0 Å². The Kier molecular flexibility index (Phi) is 3.13. The predicted octanol–water partition coefficient (Wildman–Crippen LogP) is 4.31. The molecule has 0 radical (unpaired) electrons. The molecular weight excluding hydrogens is 311 g/mol. The van der Waals surface area contributed by atoms with Crippen LogP contribution in [0.2, 0.25) is 0 Å². The van der Waals surface area contributed by atoms with Crippen LogP contribution in [0.15, 0.2) is 57.4 Å². The second-order valence-corrected chi connectivity index (χ2v) is 4.67. The number of aromatic nitrogens is 2. The fraction of sp³-hybridized carbons (Fsp3) is 0. The molecule has 0 bridgehead atoms. The third kappa shape index (κ3) is 2.29. The zero-order valence-electron chi connectivity index (χ0n) is 9.68. The Balaban J connectivity index is 2.05. The van der Waals surface area contributed by atoms with Crippen molar-refractivity contribution in [1.29, 1.82) is 0 Å². The number of hydrogen-bond donors (Lipinski definition) is 0. The number of rotatable bonds is 2. The summed E-state index contributed by atoms with van der Waals surface area (Å²) in [5, 5.41) is 7.93. The van der Waals surface area contributed by atoms with Crippen LogP contribution in [-0.2, 0) is 0 Å². The van der Waals surface area contributed by atoms with Gasteiger partial charge in [-0.15, -0.1) is 10.2 Å². The Morgan fingerprint density at radius 2 is 1.63 bits per heavy atom. The third-order valence-electron chi connectivity index (χ3n) is 2.63. The van der Waals surface area contributed by atoms with E-state index < -0.39 is 0 Å². The molecule has 0 unspecified atom stereocenters. The number of halogens is 2. The van der Waals surface area contributed by atoms with Crippen LogP contribution < -0.4 is 0 Å². The zero-order chi connectivity index (χ0) is 13.2. The molecule has 0 fully saturated rings. The molecule has 0 aliphatic rings. The molecule has 3 nitrogen and oxygen atoms in total. The molecule has 5 heteroatoms. The molecule has 0 atom stereocenters. The minimum absolute atomic E-state index is 0.283. The maximum absolute atomic E-state index is 13.5. The highest BCUT2D eigenvalue weighted by Gasteiger charge is 2.14. The van der Waals surface area contributed by atoms with Gasteiger partial charge in [0, 0.05) is 5.56 Å². The standard InChI is InChI=1S/C14H8BrFN2O/c15-12-10(7-4-8-11(12)16)14-18-17-13(19-14)9-5-2-1-3-6-9/h1-8H. The second kappa shape index (κ2) is 4.93. The number of benzene rings is 2. The summed E-state index contributed by atoms with van der Waals surface area (Å²) >= 11 is 3.18. The van der Waals surface area contributed by atoms with Gasteiger partial charge in [0.25, 0.3) is 0 Å². The molecule has 0 amide bonds. The highest BCUT2D eigenvalue weighted by atomic mass is 79.9. The van der Waals surface area contributed by atoms with Crippen LogP contribution in [-0.4, -0.2) is 10.2 Å². The van der Waals surface area contributed by atoms with Crippen LogP contribution in [0.4, 0.5) is 4.39 Å². The highest BCUT2D eigenvalue weighted by Crippen LogP contribution is 2.31. The highest BCUT2D eigenvalue weighted by molar-refractivity contribution is 9.10. The SMILES string of the molecule is Fc1cccc(-c2nnc(-c3ccccc3)o2)c1Br. The molecule has 0 spiro atoms. The van der Waals surface area contributed by atoms with Crippen LogP contribution in [0.5, 0.6) is 0 Å². The Morgan fingerprint density at radius 1 is 0.895 bits per heavy atom. The van der Waals surface area contributed by atoms with Crippen LogP contribution in [0.1, 0.15) is 0 Å². The average Bonchev–Trinajstić information content (AvgIpc) is 2.92. The van der Waals surface area contributed by atoms with Crippen LogP contribution in [0.3, 0.4) is 0 Å². The van der Waals surface area contributed by atoms with Gasteiger partial charge in [0.05, 0.1) is 10.0 Å². The molecular formula is C14H8BrFN2O. The van der Waals surface area contributed by atoms with Gasteiger partial charge in [0.1, 0.15) is 5.82 Å². The minimum Gasteiger partial charge on any atom is -0.416 e. The first-order chi connectivity index (χ1) is 9.25. The lowest BCUT2D eigenvalue weighted by atomic mass is 10.2. The maximum Gasteiger partial charge on any atom is 0.249 e. The van der Waals surface area contributed by atoms with Crippen LogP contribution in [0, 0.1) is 5.82 Å². The smallest absolute Gasteiger partial charge is 0.249 e. The van der Waals surface area contributed by atoms with Crippen molar-refractivity contribution in [3.8, 4) is 22.9 Å². The summed E-state index contributed by atoms with van der Waals surface area (Å²) in [5.74, 6) is 0.328. The van der Waals surface area contributed by atoms with E-state index in [0.29, 0.717) is 15.9 Å². The largest absolute Gasteiger partial charge is 0.416 e. The van der Waals surface area contributed by atoms with Crippen LogP contribution in [0.25, 0.3) is 22.9 Å². The van der Waals surface area contributed by atoms with Gasteiger partial charge in [-0.25, -0.2) is 4.39 Å². The predicted molar refractivity (Wildman–Crippen MR) is 72.8 cm³/mol. The van der Waals surface area contributed by atoms with E-state index in [1.165, 1.54) is 6.07 Å². The monoisotopic (exact) mass is 318 g/mol. The molecule has 19 heavy (non-hydrogen) atoms. The fourth-order valence-electron chi connectivity index (χ4n) is 1.70. The maximum atomic E-state index is 13.5. The van der Waals surface area contributed by atoms with Crippen molar-refractivity contribution in [2.24, 2.45) is 0 Å². The molecule has 0 saturated carbocycles. The lowest BCUT2D eigenvalue weighted by Crippen LogP contribution is -1.83. The summed E-state index contributed by atoms with van der Waals surface area (Å²) in [4.78, 5) is 0. The van der Waals surface area contributed by atoms with Crippen LogP contribution >= 0.6 is 15.9 Å². The third-order valence-corrected chi connectivity index (χ3v) is 3.43. The molecule has 1 aromatic heterocycles. The lowest BCUT2D eigenvalue weighted by molar-refractivity contribution is 0.580. The Bertz CT molecular complexity index is 712. The number of nitrogens with zero attached hydrogens (tertiary/aromatic N) is 2. The van der Waals surface area contributed by atoms with Gasteiger partial charge in [0.2, 0.25) is 11.8 Å². The van der Waals surface area contributed by atoms with Crippen molar-refractivity contribution < 1.29 is 8.81 Å². The summed E-state index contributed by atoms with van der Waals surface area (Å²) in [6.07, 6.45) is 0. The first-order valence-electron chi connectivity index (χ1n) is 5.59. The van der Waals surface area contributed by atoms with Crippen molar-refractivity contribution in [2.75, 3.05) is 0 Å². The summed E-state index contributed by atoms with van der Waals surface area (Å²) < 4.78 is 19.3. The van der Waals surface area contributed by atoms with Gasteiger partial charge in [-0.3, -0.25) is 0 Å². The Morgan fingerprint density at radius 3 is 2.42 bits per heavy atom. The average molecular weight is 319 g/mol.